The molecule has 0 radical (unpaired) electrons. The molecule has 0 bridgehead atoms. The summed E-state index contributed by atoms with van der Waals surface area (Å²) in [5.41, 5.74) is 3.24. The molecule has 0 saturated carbocycles. The molecule has 0 unspecified atom stereocenters. The van der Waals surface area contributed by atoms with Crippen LogP contribution in [0.1, 0.15) is 11.1 Å². The smallest absolute Gasteiger partial charge is 0.233 e. The van der Waals surface area contributed by atoms with Crippen molar-refractivity contribution in [3.05, 3.63) is 82.8 Å². The summed E-state index contributed by atoms with van der Waals surface area (Å²) in [6.07, 6.45) is 3.49. The molecule has 30 heavy (non-hydrogen) atoms. The van der Waals surface area contributed by atoms with Gasteiger partial charge in [0, 0.05) is 31.5 Å². The third kappa shape index (κ3) is 4.95. The third-order valence-corrected chi connectivity index (χ3v) is 6.27. The van der Waals surface area contributed by atoms with Crippen LogP contribution in [0.15, 0.2) is 76.8 Å². The number of pyridine rings is 1. The maximum atomic E-state index is 12.6. The molecule has 3 aromatic heterocycles. The van der Waals surface area contributed by atoms with E-state index in [0.29, 0.717) is 18.8 Å². The van der Waals surface area contributed by atoms with Crippen molar-refractivity contribution in [1.29, 1.82) is 0 Å². The lowest BCUT2D eigenvalue weighted by molar-refractivity contribution is -0.127. The van der Waals surface area contributed by atoms with Gasteiger partial charge in [-0.15, -0.1) is 10.2 Å². The van der Waals surface area contributed by atoms with E-state index in [-0.39, 0.29) is 5.91 Å². The molecule has 0 fully saturated rings. The Morgan fingerprint density at radius 1 is 1.07 bits per heavy atom. The van der Waals surface area contributed by atoms with Crippen molar-refractivity contribution in [2.24, 2.45) is 0 Å². The predicted molar refractivity (Wildman–Crippen MR) is 120 cm³/mol. The van der Waals surface area contributed by atoms with E-state index in [4.69, 9.17) is 0 Å². The number of nitrogens with zero attached hydrogens (tertiary/aromatic N) is 5. The van der Waals surface area contributed by atoms with Gasteiger partial charge in [-0.1, -0.05) is 42.1 Å². The highest BCUT2D eigenvalue weighted by Crippen LogP contribution is 2.25. The minimum atomic E-state index is 0.0610. The average Bonchev–Trinajstić information content (AvgIpc) is 3.43. The zero-order valence-electron chi connectivity index (χ0n) is 16.5. The zero-order valence-corrected chi connectivity index (χ0v) is 18.1. The summed E-state index contributed by atoms with van der Waals surface area (Å²) in [6.45, 7) is 1.24. The van der Waals surface area contributed by atoms with Gasteiger partial charge in [0.25, 0.3) is 0 Å². The van der Waals surface area contributed by atoms with E-state index in [1.165, 1.54) is 11.8 Å². The van der Waals surface area contributed by atoms with Crippen LogP contribution in [0.25, 0.3) is 11.4 Å². The van der Waals surface area contributed by atoms with Crippen molar-refractivity contribution in [2.75, 3.05) is 12.8 Å². The zero-order chi connectivity index (χ0) is 20.8. The maximum absolute atomic E-state index is 12.6. The largest absolute Gasteiger partial charge is 0.341 e. The fourth-order valence-corrected chi connectivity index (χ4v) is 4.54. The molecule has 4 aromatic rings. The van der Waals surface area contributed by atoms with Gasteiger partial charge in [0.1, 0.15) is 0 Å². The number of hydrogen-bond donors (Lipinski definition) is 0. The monoisotopic (exact) mass is 435 g/mol. The van der Waals surface area contributed by atoms with Crippen LogP contribution in [-0.4, -0.2) is 43.4 Å². The highest BCUT2D eigenvalue weighted by atomic mass is 32.2. The molecule has 1 amide bonds. The first-order valence-electron chi connectivity index (χ1n) is 9.46. The van der Waals surface area contributed by atoms with E-state index in [2.05, 4.69) is 37.3 Å². The van der Waals surface area contributed by atoms with Crippen molar-refractivity contribution in [1.82, 2.24) is 24.6 Å². The van der Waals surface area contributed by atoms with Crippen LogP contribution in [-0.2, 0) is 17.9 Å². The summed E-state index contributed by atoms with van der Waals surface area (Å²) >= 11 is 3.05. The van der Waals surface area contributed by atoms with Gasteiger partial charge < -0.3 is 4.90 Å². The molecular formula is C22H21N5OS2. The van der Waals surface area contributed by atoms with Gasteiger partial charge in [0.05, 0.1) is 12.3 Å². The van der Waals surface area contributed by atoms with Crippen LogP contribution in [0.2, 0.25) is 0 Å². The molecule has 0 spiro atoms. The predicted octanol–water partition coefficient (Wildman–Crippen LogP) is 4.20. The van der Waals surface area contributed by atoms with E-state index < -0.39 is 0 Å². The van der Waals surface area contributed by atoms with Gasteiger partial charge in [0.15, 0.2) is 11.0 Å². The van der Waals surface area contributed by atoms with Gasteiger partial charge in [-0.25, -0.2) is 0 Å². The molecule has 0 aliphatic carbocycles. The third-order valence-electron chi connectivity index (χ3n) is 4.59. The Morgan fingerprint density at radius 2 is 1.87 bits per heavy atom. The van der Waals surface area contributed by atoms with Crippen LogP contribution >= 0.6 is 23.1 Å². The van der Waals surface area contributed by atoms with E-state index in [9.17, 15) is 4.79 Å². The summed E-state index contributed by atoms with van der Waals surface area (Å²) < 4.78 is 2.06. The molecule has 8 heteroatoms. The van der Waals surface area contributed by atoms with Crippen molar-refractivity contribution in [3.63, 3.8) is 0 Å². The summed E-state index contributed by atoms with van der Waals surface area (Å²) in [5.74, 6) is 1.14. The number of carbonyl (C=O) groups excluding carboxylic acids is 1. The van der Waals surface area contributed by atoms with Gasteiger partial charge >= 0.3 is 0 Å². The van der Waals surface area contributed by atoms with E-state index >= 15 is 0 Å². The normalized spacial score (nSPS) is 10.8. The molecule has 6 nitrogen and oxygen atoms in total. The minimum Gasteiger partial charge on any atom is -0.341 e. The van der Waals surface area contributed by atoms with Crippen LogP contribution in [0.5, 0.6) is 0 Å². The lowest BCUT2D eigenvalue weighted by atomic mass is 10.2. The van der Waals surface area contributed by atoms with Crippen LogP contribution in [0.4, 0.5) is 0 Å². The number of benzene rings is 1. The van der Waals surface area contributed by atoms with Crippen molar-refractivity contribution >= 4 is 29.0 Å². The molecule has 0 N–H and O–H groups in total. The second-order valence-electron chi connectivity index (χ2n) is 6.78. The SMILES string of the molecule is CN(Cc1ccsc1)C(=O)CSc1nnc(-c2ccncc2)n1Cc1ccccc1. The van der Waals surface area contributed by atoms with E-state index in [1.807, 2.05) is 48.8 Å². The summed E-state index contributed by atoms with van der Waals surface area (Å²) in [4.78, 5) is 18.5. The van der Waals surface area contributed by atoms with Gasteiger partial charge in [-0.3, -0.25) is 14.3 Å². The molecule has 152 valence electrons. The van der Waals surface area contributed by atoms with E-state index in [0.717, 1.165) is 27.7 Å². The number of thiophene rings is 1. The Kier molecular flexibility index (Phi) is 6.56. The molecule has 1 aromatic carbocycles. The number of rotatable bonds is 8. The average molecular weight is 436 g/mol. The number of carbonyl (C=O) groups is 1. The van der Waals surface area contributed by atoms with Gasteiger partial charge in [-0.2, -0.15) is 11.3 Å². The summed E-state index contributed by atoms with van der Waals surface area (Å²) in [5, 5.41) is 13.6. The molecule has 4 rings (SSSR count). The first-order valence-corrected chi connectivity index (χ1v) is 11.4. The Balaban J connectivity index is 1.52. The lowest BCUT2D eigenvalue weighted by Crippen LogP contribution is -2.27. The van der Waals surface area contributed by atoms with Crippen molar-refractivity contribution in [2.45, 2.75) is 18.2 Å². The van der Waals surface area contributed by atoms with Crippen molar-refractivity contribution < 1.29 is 4.79 Å². The van der Waals surface area contributed by atoms with Crippen LogP contribution in [0.3, 0.4) is 0 Å². The first-order chi connectivity index (χ1) is 14.7. The summed E-state index contributed by atoms with van der Waals surface area (Å²) in [6, 6.07) is 16.0. The highest BCUT2D eigenvalue weighted by Gasteiger charge is 2.17. The fraction of sp³-hybridized carbons (Fsp3) is 0.182. The molecular weight excluding hydrogens is 414 g/mol. The minimum absolute atomic E-state index is 0.0610. The highest BCUT2D eigenvalue weighted by molar-refractivity contribution is 7.99. The van der Waals surface area contributed by atoms with Crippen LogP contribution < -0.4 is 0 Å². The quantitative estimate of drug-likeness (QED) is 0.388. The molecule has 0 aliphatic rings. The molecule has 0 atom stereocenters. The Morgan fingerprint density at radius 3 is 2.60 bits per heavy atom. The Hall–Kier alpha value is -2.97. The molecule has 0 aliphatic heterocycles. The van der Waals surface area contributed by atoms with Crippen LogP contribution in [0, 0.1) is 0 Å². The number of hydrogen-bond acceptors (Lipinski definition) is 6. The second kappa shape index (κ2) is 9.69. The Labute approximate surface area is 183 Å². The second-order valence-corrected chi connectivity index (χ2v) is 8.51. The Bertz CT molecular complexity index is 1080. The topological polar surface area (TPSA) is 63.9 Å². The summed E-state index contributed by atoms with van der Waals surface area (Å²) in [7, 11) is 1.83. The number of thioether (sulfide) groups is 1. The standard InChI is InChI=1S/C22H21N5OS2/c1-26(13-18-9-12-29-15-18)20(28)16-30-22-25-24-21(19-7-10-23-11-8-19)27(22)14-17-5-3-2-4-6-17/h2-12,15H,13-14,16H2,1H3. The number of amides is 1. The lowest BCUT2D eigenvalue weighted by Gasteiger charge is -2.16. The van der Waals surface area contributed by atoms with Gasteiger partial charge in [0.2, 0.25) is 5.91 Å². The number of aromatic nitrogens is 4. The first kappa shape index (κ1) is 20.3. The fourth-order valence-electron chi connectivity index (χ4n) is 3.00. The van der Waals surface area contributed by atoms with E-state index in [1.54, 1.807) is 28.6 Å². The molecule has 3 heterocycles. The molecule has 0 saturated heterocycles. The van der Waals surface area contributed by atoms with Gasteiger partial charge in [-0.05, 0) is 40.1 Å². The maximum Gasteiger partial charge on any atom is 0.233 e. The van der Waals surface area contributed by atoms with Crippen molar-refractivity contribution in [3.8, 4) is 11.4 Å².